The first-order valence-electron chi connectivity index (χ1n) is 8.22. The summed E-state index contributed by atoms with van der Waals surface area (Å²) < 4.78 is 17.0. The molecule has 0 radical (unpaired) electrons. The largest absolute Gasteiger partial charge is 0.382 e. The monoisotopic (exact) mass is 402 g/mol. The van der Waals surface area contributed by atoms with Gasteiger partial charge in [0.05, 0.1) is 10.2 Å². The fourth-order valence-corrected chi connectivity index (χ4v) is 4.78. The average Bonchev–Trinajstić information content (AvgIpc) is 3.18. The second-order valence-electron chi connectivity index (χ2n) is 5.95. The van der Waals surface area contributed by atoms with Crippen molar-refractivity contribution in [2.45, 2.75) is 35.8 Å². The molecule has 10 heteroatoms. The number of hydrogen-bond acceptors (Lipinski definition) is 8. The van der Waals surface area contributed by atoms with Gasteiger partial charge in [0.1, 0.15) is 17.9 Å². The van der Waals surface area contributed by atoms with Crippen LogP contribution in [0, 0.1) is 5.82 Å². The van der Waals surface area contributed by atoms with Crippen LogP contribution in [0.4, 0.5) is 10.2 Å². The van der Waals surface area contributed by atoms with Crippen molar-refractivity contribution in [2.75, 3.05) is 5.73 Å². The predicted molar refractivity (Wildman–Crippen MR) is 103 cm³/mol. The van der Waals surface area contributed by atoms with Crippen molar-refractivity contribution < 1.29 is 9.18 Å². The van der Waals surface area contributed by atoms with E-state index in [9.17, 15) is 9.18 Å². The van der Waals surface area contributed by atoms with Gasteiger partial charge >= 0.3 is 0 Å². The van der Waals surface area contributed by atoms with Crippen LogP contribution in [0.15, 0.2) is 34.0 Å². The number of hydrogen-bond donors (Lipinski definition) is 1. The van der Waals surface area contributed by atoms with E-state index in [-0.39, 0.29) is 11.6 Å². The van der Waals surface area contributed by atoms with Gasteiger partial charge in [0.15, 0.2) is 26.5 Å². The van der Waals surface area contributed by atoms with Gasteiger partial charge in [0.2, 0.25) is 0 Å². The molecule has 0 unspecified atom stereocenters. The van der Waals surface area contributed by atoms with Gasteiger partial charge in [-0.25, -0.2) is 24.3 Å². The van der Waals surface area contributed by atoms with Gasteiger partial charge in [-0.3, -0.25) is 0 Å². The van der Waals surface area contributed by atoms with E-state index in [1.54, 1.807) is 19.1 Å². The zero-order valence-electron chi connectivity index (χ0n) is 14.3. The lowest BCUT2D eigenvalue weighted by molar-refractivity contribution is -0.117. The van der Waals surface area contributed by atoms with Crippen LogP contribution in [0.25, 0.3) is 21.4 Å². The average molecular weight is 402 g/mol. The number of imidazole rings is 1. The second kappa shape index (κ2) is 7.20. The van der Waals surface area contributed by atoms with Crippen molar-refractivity contribution in [1.82, 2.24) is 24.5 Å². The SMILES string of the molecule is CC(=O)CCCn1c(Sc2nc3cccc(F)c3s2)nc2c(N)ncnc21. The molecule has 0 aliphatic heterocycles. The molecule has 0 saturated carbocycles. The number of carbonyl (C=O) groups excluding carboxylic acids is 1. The summed E-state index contributed by atoms with van der Waals surface area (Å²) in [7, 11) is 0. The number of carbonyl (C=O) groups is 1. The number of anilines is 1. The first kappa shape index (κ1) is 17.8. The molecule has 138 valence electrons. The van der Waals surface area contributed by atoms with Gasteiger partial charge in [-0.2, -0.15) is 0 Å². The third-order valence-corrected chi connectivity index (χ3v) is 6.10. The number of rotatable bonds is 6. The standard InChI is InChI=1S/C17H15FN6OS2/c1-9(25)4-3-7-24-15-12(14(19)20-8-21-15)23-16(24)27-17-22-11-6-2-5-10(18)13(11)26-17/h2,5-6,8H,3-4,7H2,1H3,(H2,19,20,21). The molecular formula is C17H15FN6OS2. The van der Waals surface area contributed by atoms with Crippen molar-refractivity contribution in [3.05, 3.63) is 30.3 Å². The van der Waals surface area contributed by atoms with E-state index < -0.39 is 0 Å². The lowest BCUT2D eigenvalue weighted by atomic mass is 10.2. The maximum Gasteiger partial charge on any atom is 0.177 e. The second-order valence-corrected chi connectivity index (χ2v) is 8.17. The highest BCUT2D eigenvalue weighted by molar-refractivity contribution is 8.01. The minimum atomic E-state index is -0.290. The van der Waals surface area contributed by atoms with E-state index in [1.165, 1.54) is 35.5 Å². The molecular weight excluding hydrogens is 387 g/mol. The van der Waals surface area contributed by atoms with Gasteiger partial charge in [0.25, 0.3) is 0 Å². The number of Topliss-reactive ketones (excluding diaryl/α,β-unsaturated/α-hetero) is 1. The van der Waals surface area contributed by atoms with Crippen molar-refractivity contribution >= 4 is 56.1 Å². The number of fused-ring (bicyclic) bond motifs is 2. The first-order chi connectivity index (χ1) is 13.0. The van der Waals surface area contributed by atoms with Crippen LogP contribution in [0.1, 0.15) is 19.8 Å². The first-order valence-corrected chi connectivity index (χ1v) is 9.85. The van der Waals surface area contributed by atoms with E-state index in [0.29, 0.717) is 56.1 Å². The van der Waals surface area contributed by atoms with Gasteiger partial charge in [-0.1, -0.05) is 6.07 Å². The molecule has 0 bridgehead atoms. The fraction of sp³-hybridized carbons (Fsp3) is 0.235. The molecule has 3 aromatic heterocycles. The maximum atomic E-state index is 14.0. The van der Waals surface area contributed by atoms with E-state index in [1.807, 2.05) is 4.57 Å². The normalized spacial score (nSPS) is 11.5. The Hall–Kier alpha value is -2.59. The molecule has 27 heavy (non-hydrogen) atoms. The molecule has 0 saturated heterocycles. The van der Waals surface area contributed by atoms with Crippen molar-refractivity contribution in [2.24, 2.45) is 0 Å². The quantitative estimate of drug-likeness (QED) is 0.525. The number of thiazole rings is 1. The van der Waals surface area contributed by atoms with Gasteiger partial charge < -0.3 is 15.1 Å². The Balaban J connectivity index is 1.73. The molecule has 4 rings (SSSR count). The molecule has 0 aliphatic carbocycles. The van der Waals surface area contributed by atoms with Crippen LogP contribution >= 0.6 is 23.1 Å². The van der Waals surface area contributed by atoms with Crippen LogP contribution < -0.4 is 5.73 Å². The number of nitrogens with two attached hydrogens (primary N) is 1. The topological polar surface area (TPSA) is 99.6 Å². The number of ketones is 1. The third kappa shape index (κ3) is 3.50. The zero-order chi connectivity index (χ0) is 19.0. The van der Waals surface area contributed by atoms with E-state index >= 15 is 0 Å². The molecule has 0 spiro atoms. The van der Waals surface area contributed by atoms with Gasteiger partial charge in [-0.05, 0) is 37.2 Å². The Kier molecular flexibility index (Phi) is 4.75. The van der Waals surface area contributed by atoms with E-state index in [4.69, 9.17) is 5.73 Å². The summed E-state index contributed by atoms with van der Waals surface area (Å²) in [6.45, 7) is 2.13. The van der Waals surface area contributed by atoms with Gasteiger partial charge in [0, 0.05) is 13.0 Å². The molecule has 0 aliphatic rings. The Labute approximate surface area is 161 Å². The molecule has 1 aromatic carbocycles. The lowest BCUT2D eigenvalue weighted by Crippen LogP contribution is -2.03. The van der Waals surface area contributed by atoms with Crippen molar-refractivity contribution in [3.63, 3.8) is 0 Å². The van der Waals surface area contributed by atoms with Crippen LogP contribution in [0.5, 0.6) is 0 Å². The van der Waals surface area contributed by atoms with Crippen LogP contribution in [-0.2, 0) is 11.3 Å². The summed E-state index contributed by atoms with van der Waals surface area (Å²) in [6.07, 6.45) is 2.52. The summed E-state index contributed by atoms with van der Waals surface area (Å²) in [4.78, 5) is 28.6. The zero-order valence-corrected chi connectivity index (χ0v) is 16.0. The van der Waals surface area contributed by atoms with Gasteiger partial charge in [-0.15, -0.1) is 11.3 Å². The number of halogens is 1. The number of aryl methyl sites for hydroxylation is 1. The van der Waals surface area contributed by atoms with Crippen LogP contribution in [0.2, 0.25) is 0 Å². The van der Waals surface area contributed by atoms with Crippen LogP contribution in [0.3, 0.4) is 0 Å². The van der Waals surface area contributed by atoms with E-state index in [2.05, 4.69) is 19.9 Å². The molecule has 3 heterocycles. The predicted octanol–water partition coefficient (Wildman–Crippen LogP) is 3.68. The molecule has 0 atom stereocenters. The number of nitrogens with zero attached hydrogens (tertiary/aromatic N) is 5. The lowest BCUT2D eigenvalue weighted by Gasteiger charge is -2.06. The number of benzene rings is 1. The molecule has 7 nitrogen and oxygen atoms in total. The third-order valence-electron chi connectivity index (χ3n) is 3.96. The summed E-state index contributed by atoms with van der Waals surface area (Å²) >= 11 is 2.60. The summed E-state index contributed by atoms with van der Waals surface area (Å²) in [6, 6.07) is 4.83. The fourth-order valence-electron chi connectivity index (χ4n) is 2.72. The van der Waals surface area contributed by atoms with Crippen LogP contribution in [-0.4, -0.2) is 30.3 Å². The maximum absolute atomic E-state index is 14.0. The minimum Gasteiger partial charge on any atom is -0.382 e. The molecule has 0 fully saturated rings. The Bertz CT molecular complexity index is 1160. The van der Waals surface area contributed by atoms with Crippen molar-refractivity contribution in [3.8, 4) is 0 Å². The Morgan fingerprint density at radius 1 is 1.33 bits per heavy atom. The summed E-state index contributed by atoms with van der Waals surface area (Å²) in [5.74, 6) is 0.133. The highest BCUT2D eigenvalue weighted by Gasteiger charge is 2.18. The Morgan fingerprint density at radius 2 is 2.19 bits per heavy atom. The molecule has 4 aromatic rings. The van der Waals surface area contributed by atoms with E-state index in [0.717, 1.165) is 0 Å². The molecule has 2 N–H and O–H groups in total. The smallest absolute Gasteiger partial charge is 0.177 e. The van der Waals surface area contributed by atoms with Crippen molar-refractivity contribution in [1.29, 1.82) is 0 Å². The summed E-state index contributed by atoms with van der Waals surface area (Å²) in [5.41, 5.74) is 7.67. The number of aromatic nitrogens is 5. The Morgan fingerprint density at radius 3 is 2.96 bits per heavy atom. The highest BCUT2D eigenvalue weighted by Crippen LogP contribution is 2.36. The minimum absolute atomic E-state index is 0.129. The summed E-state index contributed by atoms with van der Waals surface area (Å²) in [5, 5.41) is 0.639. The molecule has 0 amide bonds. The number of nitrogen functional groups attached to an aromatic ring is 1. The highest BCUT2D eigenvalue weighted by atomic mass is 32.2.